The third-order valence-electron chi connectivity index (χ3n) is 5.92. The number of anilines is 1. The van der Waals surface area contributed by atoms with Gasteiger partial charge in [0, 0.05) is 30.7 Å². The molecule has 2 aliphatic carbocycles. The van der Waals surface area contributed by atoms with E-state index < -0.39 is 21.0 Å². The summed E-state index contributed by atoms with van der Waals surface area (Å²) in [4.78, 5) is 12.9. The van der Waals surface area contributed by atoms with E-state index in [4.69, 9.17) is 10.5 Å². The van der Waals surface area contributed by atoms with Gasteiger partial charge in [-0.25, -0.2) is 13.1 Å². The maximum absolute atomic E-state index is 12.7. The van der Waals surface area contributed by atoms with Gasteiger partial charge >= 0.3 is 0 Å². The molecule has 7 nitrogen and oxygen atoms in total. The van der Waals surface area contributed by atoms with Crippen molar-refractivity contribution in [3.63, 3.8) is 0 Å². The first kappa shape index (κ1) is 20.3. The number of hydrogen-bond donors (Lipinski definition) is 3. The topological polar surface area (TPSA) is 111 Å². The second kappa shape index (κ2) is 7.16. The molecule has 0 heterocycles. The molecule has 0 aromatic heterocycles. The van der Waals surface area contributed by atoms with Gasteiger partial charge in [0.15, 0.2) is 0 Å². The normalized spacial score (nSPS) is 27.0. The van der Waals surface area contributed by atoms with Gasteiger partial charge in [0.2, 0.25) is 15.9 Å². The lowest BCUT2D eigenvalue weighted by Gasteiger charge is -2.57. The molecule has 2 fully saturated rings. The van der Waals surface area contributed by atoms with E-state index in [9.17, 15) is 13.2 Å². The fourth-order valence-corrected chi connectivity index (χ4v) is 4.53. The zero-order valence-corrected chi connectivity index (χ0v) is 16.9. The average molecular weight is 396 g/mol. The first-order valence-electron chi connectivity index (χ1n) is 9.42. The number of carbonyl (C=O) groups excluding carboxylic acids is 1. The van der Waals surface area contributed by atoms with Crippen molar-refractivity contribution in [2.45, 2.75) is 56.6 Å². The fourth-order valence-electron chi connectivity index (χ4n) is 3.41. The third kappa shape index (κ3) is 3.89. The van der Waals surface area contributed by atoms with Gasteiger partial charge in [0.05, 0.1) is 11.0 Å². The standard InChI is InChI=1S/C19H29N3O4S/c1-4-26-16-11-19(20,18(16,2)3)17(23)22-14-7-9-15(10-8-14)27(24,25)21-12-13-5-6-13/h7-10,13,16,21H,4-6,11-12,20H2,1-3H3,(H,22,23). The Bertz CT molecular complexity index is 803. The lowest BCUT2D eigenvalue weighted by Crippen LogP contribution is -2.74. The van der Waals surface area contributed by atoms with Gasteiger partial charge in [-0.1, -0.05) is 13.8 Å². The van der Waals surface area contributed by atoms with Gasteiger partial charge in [-0.2, -0.15) is 0 Å². The molecule has 1 aromatic carbocycles. The highest BCUT2D eigenvalue weighted by molar-refractivity contribution is 7.89. The van der Waals surface area contributed by atoms with E-state index in [2.05, 4.69) is 10.0 Å². The number of sulfonamides is 1. The number of nitrogens with two attached hydrogens (primary N) is 1. The number of ether oxygens (including phenoxy) is 1. The summed E-state index contributed by atoms with van der Waals surface area (Å²) in [6.07, 6.45) is 2.56. The average Bonchev–Trinajstić information content (AvgIpc) is 3.44. The van der Waals surface area contributed by atoms with Crippen molar-refractivity contribution in [3.05, 3.63) is 24.3 Å². The van der Waals surface area contributed by atoms with E-state index in [-0.39, 0.29) is 16.9 Å². The SMILES string of the molecule is CCOC1CC(N)(C(=O)Nc2ccc(S(=O)(=O)NCC3CC3)cc2)C1(C)C. The molecule has 2 unspecified atom stereocenters. The zero-order chi connectivity index (χ0) is 19.9. The Morgan fingerprint density at radius 1 is 1.26 bits per heavy atom. The third-order valence-corrected chi connectivity index (χ3v) is 7.36. The van der Waals surface area contributed by atoms with E-state index in [1.54, 1.807) is 12.1 Å². The summed E-state index contributed by atoms with van der Waals surface area (Å²) in [6.45, 7) is 6.83. The lowest BCUT2D eigenvalue weighted by molar-refractivity contribution is -0.166. The van der Waals surface area contributed by atoms with Crippen molar-refractivity contribution < 1.29 is 17.9 Å². The minimum Gasteiger partial charge on any atom is -0.378 e. The van der Waals surface area contributed by atoms with Crippen molar-refractivity contribution in [1.29, 1.82) is 0 Å². The number of rotatable bonds is 8. The summed E-state index contributed by atoms with van der Waals surface area (Å²) in [6, 6.07) is 6.14. The van der Waals surface area contributed by atoms with Crippen LogP contribution < -0.4 is 15.8 Å². The summed E-state index contributed by atoms with van der Waals surface area (Å²) in [7, 11) is -3.52. The largest absolute Gasteiger partial charge is 0.378 e. The molecule has 1 aromatic rings. The Kier molecular flexibility index (Phi) is 5.37. The van der Waals surface area contributed by atoms with Crippen LogP contribution in [0.4, 0.5) is 5.69 Å². The minimum atomic E-state index is -3.52. The summed E-state index contributed by atoms with van der Waals surface area (Å²) in [5, 5.41) is 2.81. The summed E-state index contributed by atoms with van der Waals surface area (Å²) < 4.78 is 32.8. The molecule has 2 saturated carbocycles. The molecule has 150 valence electrons. The zero-order valence-electron chi connectivity index (χ0n) is 16.1. The molecular formula is C19H29N3O4S. The number of nitrogens with one attached hydrogen (secondary N) is 2. The van der Waals surface area contributed by atoms with Crippen molar-refractivity contribution in [2.75, 3.05) is 18.5 Å². The molecule has 0 bridgehead atoms. The van der Waals surface area contributed by atoms with Crippen LogP contribution in [-0.4, -0.2) is 39.1 Å². The van der Waals surface area contributed by atoms with Crippen LogP contribution in [0.3, 0.4) is 0 Å². The molecule has 2 aliphatic rings. The maximum atomic E-state index is 12.7. The summed E-state index contributed by atoms with van der Waals surface area (Å²) in [5.41, 5.74) is 5.38. The van der Waals surface area contributed by atoms with Crippen LogP contribution in [-0.2, 0) is 19.6 Å². The molecule has 0 spiro atoms. The molecule has 0 saturated heterocycles. The number of carbonyl (C=O) groups is 1. The number of hydrogen-bond acceptors (Lipinski definition) is 5. The molecule has 0 radical (unpaired) electrons. The molecule has 1 amide bonds. The number of benzene rings is 1. The Morgan fingerprint density at radius 2 is 1.89 bits per heavy atom. The van der Waals surface area contributed by atoms with E-state index in [0.29, 0.717) is 31.2 Å². The van der Waals surface area contributed by atoms with Crippen LogP contribution in [0, 0.1) is 11.3 Å². The highest BCUT2D eigenvalue weighted by atomic mass is 32.2. The van der Waals surface area contributed by atoms with Gasteiger partial charge in [-0.15, -0.1) is 0 Å². The van der Waals surface area contributed by atoms with Gasteiger partial charge < -0.3 is 15.8 Å². The number of amides is 1. The van der Waals surface area contributed by atoms with Crippen molar-refractivity contribution >= 4 is 21.6 Å². The first-order chi connectivity index (χ1) is 12.6. The summed E-state index contributed by atoms with van der Waals surface area (Å²) in [5.74, 6) is 0.177. The molecular weight excluding hydrogens is 366 g/mol. The molecule has 4 N–H and O–H groups in total. The highest BCUT2D eigenvalue weighted by Gasteiger charge is 2.62. The molecule has 27 heavy (non-hydrogen) atoms. The Balaban J connectivity index is 1.63. The van der Waals surface area contributed by atoms with Crippen LogP contribution in [0.2, 0.25) is 0 Å². The smallest absolute Gasteiger partial charge is 0.245 e. The van der Waals surface area contributed by atoms with Crippen LogP contribution in [0.15, 0.2) is 29.2 Å². The van der Waals surface area contributed by atoms with Gasteiger partial charge in [0.25, 0.3) is 0 Å². The van der Waals surface area contributed by atoms with Crippen LogP contribution in [0.25, 0.3) is 0 Å². The van der Waals surface area contributed by atoms with E-state index in [0.717, 1.165) is 12.8 Å². The minimum absolute atomic E-state index is 0.0525. The Morgan fingerprint density at radius 3 is 2.41 bits per heavy atom. The maximum Gasteiger partial charge on any atom is 0.245 e. The molecule has 8 heteroatoms. The molecule has 3 rings (SSSR count). The van der Waals surface area contributed by atoms with Crippen LogP contribution in [0.5, 0.6) is 0 Å². The van der Waals surface area contributed by atoms with Gasteiger partial charge in [0.1, 0.15) is 5.54 Å². The lowest BCUT2D eigenvalue weighted by atomic mass is 9.54. The van der Waals surface area contributed by atoms with Crippen molar-refractivity contribution in [2.24, 2.45) is 17.1 Å². The highest BCUT2D eigenvalue weighted by Crippen LogP contribution is 2.50. The summed E-state index contributed by atoms with van der Waals surface area (Å²) >= 11 is 0. The van der Waals surface area contributed by atoms with E-state index in [1.807, 2.05) is 20.8 Å². The van der Waals surface area contributed by atoms with Crippen LogP contribution in [0.1, 0.15) is 40.0 Å². The van der Waals surface area contributed by atoms with Crippen molar-refractivity contribution in [3.8, 4) is 0 Å². The fraction of sp³-hybridized carbons (Fsp3) is 0.632. The monoisotopic (exact) mass is 395 g/mol. The van der Waals surface area contributed by atoms with Crippen molar-refractivity contribution in [1.82, 2.24) is 4.72 Å². The van der Waals surface area contributed by atoms with E-state index in [1.165, 1.54) is 12.1 Å². The molecule has 0 aliphatic heterocycles. The second-order valence-electron chi connectivity index (χ2n) is 8.11. The predicted molar refractivity (Wildman–Crippen MR) is 104 cm³/mol. The second-order valence-corrected chi connectivity index (χ2v) is 9.88. The molecule has 2 atom stereocenters. The first-order valence-corrected chi connectivity index (χ1v) is 10.9. The van der Waals surface area contributed by atoms with E-state index >= 15 is 0 Å². The van der Waals surface area contributed by atoms with Gasteiger partial charge in [-0.3, -0.25) is 4.79 Å². The Hall–Kier alpha value is -1.48. The predicted octanol–water partition coefficient (Wildman–Crippen LogP) is 1.85. The Labute approximate surface area is 161 Å². The van der Waals surface area contributed by atoms with Crippen LogP contribution >= 0.6 is 0 Å². The quantitative estimate of drug-likeness (QED) is 0.622. The van der Waals surface area contributed by atoms with Gasteiger partial charge in [-0.05, 0) is 49.9 Å².